The maximum Gasteiger partial charge on any atom is 0.119 e. The van der Waals surface area contributed by atoms with Crippen LogP contribution in [0.5, 0.6) is 0 Å². The minimum Gasteiger partial charge on any atom is -0.380 e. The quantitative estimate of drug-likeness (QED) is 0.494. The van der Waals surface area contributed by atoms with Gasteiger partial charge in [-0.15, -0.1) is 6.42 Å². The maximum absolute atomic E-state index is 9.02. The summed E-state index contributed by atoms with van der Waals surface area (Å²) in [6.07, 6.45) is 6.65. The Kier molecular flexibility index (Phi) is 1.06. The largest absolute Gasteiger partial charge is 0.380 e. The highest BCUT2D eigenvalue weighted by molar-refractivity contribution is 5.08. The Balaban J connectivity index is 2.49. The van der Waals surface area contributed by atoms with Gasteiger partial charge in [0.25, 0.3) is 0 Å². The first-order chi connectivity index (χ1) is 3.69. The van der Waals surface area contributed by atoms with Gasteiger partial charge in [-0.2, -0.15) is 0 Å². The van der Waals surface area contributed by atoms with Crippen molar-refractivity contribution in [3.63, 3.8) is 0 Å². The molecule has 0 radical (unpaired) electrons. The molecule has 1 N–H and O–H groups in total. The first kappa shape index (κ1) is 5.65. The summed E-state index contributed by atoms with van der Waals surface area (Å²) in [6.45, 7) is 2.01. The van der Waals surface area contributed by atoms with Crippen LogP contribution in [0.1, 0.15) is 19.8 Å². The van der Waals surface area contributed by atoms with Crippen molar-refractivity contribution in [3.05, 3.63) is 0 Å². The smallest absolute Gasteiger partial charge is 0.119 e. The van der Waals surface area contributed by atoms with Crippen LogP contribution in [-0.4, -0.2) is 11.2 Å². The molecule has 1 fully saturated rings. The fourth-order valence-corrected chi connectivity index (χ4v) is 0.672. The summed E-state index contributed by atoms with van der Waals surface area (Å²) in [4.78, 5) is 0. The highest BCUT2D eigenvalue weighted by Gasteiger charge is 2.43. The molecule has 1 rings (SSSR count). The van der Waals surface area contributed by atoms with Crippen molar-refractivity contribution in [2.24, 2.45) is 5.41 Å². The lowest BCUT2D eigenvalue weighted by Crippen LogP contribution is -2.15. The van der Waals surface area contributed by atoms with E-state index in [2.05, 4.69) is 5.92 Å². The molecule has 1 aliphatic carbocycles. The van der Waals surface area contributed by atoms with Gasteiger partial charge in [0.1, 0.15) is 6.10 Å². The van der Waals surface area contributed by atoms with Gasteiger partial charge in [-0.25, -0.2) is 0 Å². The van der Waals surface area contributed by atoms with Gasteiger partial charge >= 0.3 is 0 Å². The average molecular weight is 110 g/mol. The van der Waals surface area contributed by atoms with E-state index in [9.17, 15) is 0 Å². The monoisotopic (exact) mass is 110 g/mol. The summed E-state index contributed by atoms with van der Waals surface area (Å²) < 4.78 is 0. The normalized spacial score (nSPS) is 26.1. The first-order valence-electron chi connectivity index (χ1n) is 2.83. The third-order valence-electron chi connectivity index (χ3n) is 1.86. The summed E-state index contributed by atoms with van der Waals surface area (Å²) in [6, 6.07) is 0. The summed E-state index contributed by atoms with van der Waals surface area (Å²) in [5.41, 5.74) is 0.0781. The van der Waals surface area contributed by atoms with Gasteiger partial charge < -0.3 is 5.11 Å². The van der Waals surface area contributed by atoms with Crippen molar-refractivity contribution < 1.29 is 5.11 Å². The summed E-state index contributed by atoms with van der Waals surface area (Å²) in [5.74, 6) is 2.32. The fraction of sp³-hybridized carbons (Fsp3) is 0.714. The Morgan fingerprint density at radius 2 is 2.25 bits per heavy atom. The van der Waals surface area contributed by atoms with Gasteiger partial charge in [0.05, 0.1) is 0 Å². The first-order valence-corrected chi connectivity index (χ1v) is 2.83. The number of hydrogen-bond acceptors (Lipinski definition) is 1. The lowest BCUT2D eigenvalue weighted by atomic mass is 10.0. The Labute approximate surface area is 49.7 Å². The molecule has 1 atom stereocenters. The number of aliphatic hydroxyl groups excluding tert-OH is 1. The van der Waals surface area contributed by atoms with Crippen molar-refractivity contribution in [3.8, 4) is 12.3 Å². The molecule has 44 valence electrons. The average Bonchev–Trinajstić information content (AvgIpc) is 2.47. The van der Waals surface area contributed by atoms with Gasteiger partial charge in [-0.05, 0) is 12.8 Å². The molecule has 0 amide bonds. The van der Waals surface area contributed by atoms with Crippen LogP contribution < -0.4 is 0 Å². The van der Waals surface area contributed by atoms with Crippen LogP contribution in [-0.2, 0) is 0 Å². The molecule has 1 unspecified atom stereocenters. The van der Waals surface area contributed by atoms with Crippen molar-refractivity contribution in [2.45, 2.75) is 25.9 Å². The molecule has 0 heterocycles. The van der Waals surface area contributed by atoms with Crippen molar-refractivity contribution in [1.82, 2.24) is 0 Å². The summed E-state index contributed by atoms with van der Waals surface area (Å²) in [7, 11) is 0. The van der Waals surface area contributed by atoms with Crippen molar-refractivity contribution in [1.29, 1.82) is 0 Å². The van der Waals surface area contributed by atoms with Crippen molar-refractivity contribution in [2.75, 3.05) is 0 Å². The Morgan fingerprint density at radius 3 is 2.38 bits per heavy atom. The molecule has 0 aromatic rings. The van der Waals surface area contributed by atoms with Crippen LogP contribution in [0.3, 0.4) is 0 Å². The van der Waals surface area contributed by atoms with Crippen LogP contribution in [0.25, 0.3) is 0 Å². The molecule has 1 nitrogen and oxygen atoms in total. The molecule has 1 aliphatic rings. The lowest BCUT2D eigenvalue weighted by molar-refractivity contribution is 0.158. The van der Waals surface area contributed by atoms with Gasteiger partial charge in [0, 0.05) is 5.41 Å². The molecule has 8 heavy (non-hydrogen) atoms. The van der Waals surface area contributed by atoms with E-state index in [4.69, 9.17) is 11.5 Å². The second-order valence-electron chi connectivity index (χ2n) is 2.72. The van der Waals surface area contributed by atoms with Gasteiger partial charge in [0.2, 0.25) is 0 Å². The standard InChI is InChI=1S/C7H10O/c1-3-6(8)7(2)4-5-7/h1,6,8H,4-5H2,2H3. The summed E-state index contributed by atoms with van der Waals surface area (Å²) in [5, 5.41) is 9.02. The van der Waals surface area contributed by atoms with Gasteiger partial charge in [-0.3, -0.25) is 0 Å². The van der Waals surface area contributed by atoms with Crippen LogP contribution in [0, 0.1) is 17.8 Å². The molecular formula is C7H10O. The van der Waals surface area contributed by atoms with Crippen molar-refractivity contribution >= 4 is 0 Å². The molecule has 0 aromatic carbocycles. The maximum atomic E-state index is 9.02. The Bertz CT molecular complexity index is 128. The second-order valence-corrected chi connectivity index (χ2v) is 2.72. The molecule has 0 spiro atoms. The third-order valence-corrected chi connectivity index (χ3v) is 1.86. The molecule has 0 bridgehead atoms. The Morgan fingerprint density at radius 1 is 1.75 bits per heavy atom. The van der Waals surface area contributed by atoms with E-state index in [0.717, 1.165) is 12.8 Å². The van der Waals surface area contributed by atoms with E-state index in [0.29, 0.717) is 0 Å². The molecule has 1 saturated carbocycles. The SMILES string of the molecule is C#CC(O)C1(C)CC1. The second kappa shape index (κ2) is 1.50. The van der Waals surface area contributed by atoms with E-state index in [1.807, 2.05) is 6.92 Å². The summed E-state index contributed by atoms with van der Waals surface area (Å²) >= 11 is 0. The Hall–Kier alpha value is -0.480. The lowest BCUT2D eigenvalue weighted by Gasteiger charge is -2.08. The molecule has 1 heteroatoms. The van der Waals surface area contributed by atoms with E-state index < -0.39 is 6.10 Å². The van der Waals surface area contributed by atoms with Crippen LogP contribution >= 0.6 is 0 Å². The topological polar surface area (TPSA) is 20.2 Å². The highest BCUT2D eigenvalue weighted by atomic mass is 16.3. The zero-order valence-electron chi connectivity index (χ0n) is 5.02. The highest BCUT2D eigenvalue weighted by Crippen LogP contribution is 2.47. The van der Waals surface area contributed by atoms with Gasteiger partial charge in [0.15, 0.2) is 0 Å². The zero-order valence-corrected chi connectivity index (χ0v) is 5.02. The number of aliphatic hydroxyl groups is 1. The van der Waals surface area contributed by atoms with E-state index in [1.54, 1.807) is 0 Å². The van der Waals surface area contributed by atoms with E-state index in [1.165, 1.54) is 0 Å². The minimum atomic E-state index is -0.512. The van der Waals surface area contributed by atoms with E-state index in [-0.39, 0.29) is 5.41 Å². The third kappa shape index (κ3) is 0.719. The van der Waals surface area contributed by atoms with Crippen LogP contribution in [0.15, 0.2) is 0 Å². The molecule has 0 aliphatic heterocycles. The predicted octanol–water partition coefficient (Wildman–Crippen LogP) is 0.781. The van der Waals surface area contributed by atoms with Crippen LogP contribution in [0.2, 0.25) is 0 Å². The molecule has 0 aromatic heterocycles. The zero-order chi connectivity index (χ0) is 6.20. The number of terminal acetylenes is 1. The molecular weight excluding hydrogens is 100 g/mol. The number of rotatable bonds is 1. The fourth-order valence-electron chi connectivity index (χ4n) is 0.672. The van der Waals surface area contributed by atoms with Gasteiger partial charge in [-0.1, -0.05) is 12.8 Å². The predicted molar refractivity (Wildman–Crippen MR) is 32.2 cm³/mol. The minimum absolute atomic E-state index is 0.0781. The van der Waals surface area contributed by atoms with E-state index >= 15 is 0 Å². The number of hydrogen-bond donors (Lipinski definition) is 1. The molecule has 0 saturated heterocycles. The van der Waals surface area contributed by atoms with Crippen LogP contribution in [0.4, 0.5) is 0 Å².